The molecule has 0 aliphatic carbocycles. The average molecular weight is 256 g/mol. The zero-order valence-corrected chi connectivity index (χ0v) is 9.66. The number of halogens is 3. The van der Waals surface area contributed by atoms with Crippen LogP contribution in [0.3, 0.4) is 0 Å². The van der Waals surface area contributed by atoms with Crippen molar-refractivity contribution >= 4 is 0 Å². The van der Waals surface area contributed by atoms with Crippen LogP contribution in [0.15, 0.2) is 28.7 Å². The van der Waals surface area contributed by atoms with E-state index in [1.807, 2.05) is 6.92 Å². The van der Waals surface area contributed by atoms with Crippen LogP contribution in [0.1, 0.15) is 24.8 Å². The number of nitrogens with zero attached hydrogens (tertiary/aromatic N) is 2. The van der Waals surface area contributed by atoms with Crippen molar-refractivity contribution in [1.82, 2.24) is 10.2 Å². The van der Waals surface area contributed by atoms with Crippen molar-refractivity contribution in [3.05, 3.63) is 35.7 Å². The number of hydrogen-bond donors (Lipinski definition) is 0. The molecule has 0 saturated heterocycles. The molecule has 0 saturated carbocycles. The Kier molecular flexibility index (Phi) is 3.36. The number of rotatable bonds is 3. The fourth-order valence-corrected chi connectivity index (χ4v) is 1.51. The molecule has 0 aliphatic rings. The van der Waals surface area contributed by atoms with Crippen molar-refractivity contribution in [1.29, 1.82) is 0 Å². The lowest BCUT2D eigenvalue weighted by atomic mass is 10.1. The van der Waals surface area contributed by atoms with E-state index >= 15 is 0 Å². The maximum absolute atomic E-state index is 12.5. The molecule has 0 fully saturated rings. The minimum Gasteiger partial charge on any atom is -0.421 e. The molecule has 0 aliphatic heterocycles. The Bertz CT molecular complexity index is 534. The van der Waals surface area contributed by atoms with Gasteiger partial charge < -0.3 is 4.42 Å². The summed E-state index contributed by atoms with van der Waals surface area (Å²) < 4.78 is 42.9. The summed E-state index contributed by atoms with van der Waals surface area (Å²) in [5.74, 6) is 0.550. The summed E-state index contributed by atoms with van der Waals surface area (Å²) in [6, 6.07) is 4.84. The lowest BCUT2D eigenvalue weighted by Crippen LogP contribution is -2.04. The molecular weight excluding hydrogens is 245 g/mol. The van der Waals surface area contributed by atoms with Gasteiger partial charge in [0.2, 0.25) is 11.8 Å². The van der Waals surface area contributed by atoms with Crippen molar-refractivity contribution in [2.45, 2.75) is 25.9 Å². The smallest absolute Gasteiger partial charge is 0.416 e. The second-order valence-corrected chi connectivity index (χ2v) is 3.83. The molecule has 2 rings (SSSR count). The van der Waals surface area contributed by atoms with Gasteiger partial charge in [-0.2, -0.15) is 13.2 Å². The maximum atomic E-state index is 12.5. The minimum absolute atomic E-state index is 0.115. The molecule has 18 heavy (non-hydrogen) atoms. The first-order chi connectivity index (χ1) is 8.50. The molecule has 0 bridgehead atoms. The van der Waals surface area contributed by atoms with Gasteiger partial charge in [-0.15, -0.1) is 10.2 Å². The van der Waals surface area contributed by atoms with E-state index in [2.05, 4.69) is 10.2 Å². The molecule has 1 heterocycles. The van der Waals surface area contributed by atoms with Gasteiger partial charge in [0, 0.05) is 12.0 Å². The number of hydrogen-bond acceptors (Lipinski definition) is 3. The van der Waals surface area contributed by atoms with E-state index in [9.17, 15) is 13.2 Å². The SMILES string of the molecule is CCCc1nnc(-c2cccc(C(F)(F)F)c2)o1. The van der Waals surface area contributed by atoms with Crippen molar-refractivity contribution in [2.75, 3.05) is 0 Å². The van der Waals surface area contributed by atoms with Crippen molar-refractivity contribution < 1.29 is 17.6 Å². The molecule has 0 atom stereocenters. The largest absolute Gasteiger partial charge is 0.421 e. The second-order valence-electron chi connectivity index (χ2n) is 3.83. The van der Waals surface area contributed by atoms with E-state index in [1.165, 1.54) is 12.1 Å². The number of alkyl halides is 3. The highest BCUT2D eigenvalue weighted by Crippen LogP contribution is 2.31. The molecule has 0 amide bonds. The molecule has 96 valence electrons. The molecule has 0 spiro atoms. The van der Waals surface area contributed by atoms with Crippen LogP contribution in [-0.2, 0) is 12.6 Å². The van der Waals surface area contributed by atoms with Gasteiger partial charge >= 0.3 is 6.18 Å². The van der Waals surface area contributed by atoms with Crippen molar-refractivity contribution in [2.24, 2.45) is 0 Å². The van der Waals surface area contributed by atoms with Crippen LogP contribution in [0.25, 0.3) is 11.5 Å². The Morgan fingerprint density at radius 1 is 1.22 bits per heavy atom. The zero-order chi connectivity index (χ0) is 13.2. The standard InChI is InChI=1S/C12H11F3N2O/c1-2-4-10-16-17-11(18-10)8-5-3-6-9(7-8)12(13,14)15/h3,5-7H,2,4H2,1H3. The molecule has 3 nitrogen and oxygen atoms in total. The topological polar surface area (TPSA) is 38.9 Å². The average Bonchev–Trinajstić information content (AvgIpc) is 2.77. The summed E-state index contributed by atoms with van der Waals surface area (Å²) in [5.41, 5.74) is -0.449. The van der Waals surface area contributed by atoms with E-state index in [0.717, 1.165) is 18.6 Å². The summed E-state index contributed by atoms with van der Waals surface area (Å²) in [7, 11) is 0. The molecule has 0 N–H and O–H groups in total. The summed E-state index contributed by atoms with van der Waals surface area (Å²) in [6.07, 6.45) is -2.92. The molecule has 1 aromatic carbocycles. The minimum atomic E-state index is -4.37. The van der Waals surface area contributed by atoms with Crippen LogP contribution in [0.4, 0.5) is 13.2 Å². The van der Waals surface area contributed by atoms with Gasteiger partial charge in [-0.25, -0.2) is 0 Å². The normalized spacial score (nSPS) is 11.8. The molecular formula is C12H11F3N2O. The first-order valence-corrected chi connectivity index (χ1v) is 5.50. The summed E-state index contributed by atoms with van der Waals surface area (Å²) in [6.45, 7) is 1.95. The fourth-order valence-electron chi connectivity index (χ4n) is 1.51. The predicted molar refractivity (Wildman–Crippen MR) is 58.7 cm³/mol. The quantitative estimate of drug-likeness (QED) is 0.840. The Morgan fingerprint density at radius 3 is 2.67 bits per heavy atom. The second kappa shape index (κ2) is 4.80. The van der Waals surface area contributed by atoms with Gasteiger partial charge in [-0.1, -0.05) is 13.0 Å². The Morgan fingerprint density at radius 2 is 2.00 bits per heavy atom. The number of benzene rings is 1. The third kappa shape index (κ3) is 2.69. The van der Waals surface area contributed by atoms with Gasteiger partial charge in [0.25, 0.3) is 0 Å². The Hall–Kier alpha value is -1.85. The number of aryl methyl sites for hydroxylation is 1. The lowest BCUT2D eigenvalue weighted by molar-refractivity contribution is -0.137. The fraction of sp³-hybridized carbons (Fsp3) is 0.333. The molecule has 6 heteroatoms. The number of aromatic nitrogens is 2. The summed E-state index contributed by atoms with van der Waals surface area (Å²) in [5, 5.41) is 7.52. The first kappa shape index (κ1) is 12.6. The summed E-state index contributed by atoms with van der Waals surface area (Å²) in [4.78, 5) is 0. The third-order valence-electron chi connectivity index (χ3n) is 2.37. The van der Waals surface area contributed by atoms with Crippen LogP contribution < -0.4 is 0 Å². The highest BCUT2D eigenvalue weighted by Gasteiger charge is 2.30. The van der Waals surface area contributed by atoms with Gasteiger partial charge in [0.15, 0.2) is 0 Å². The Labute approximate surface area is 102 Å². The van der Waals surface area contributed by atoms with Crippen molar-refractivity contribution in [3.63, 3.8) is 0 Å². The zero-order valence-electron chi connectivity index (χ0n) is 9.66. The van der Waals surface area contributed by atoms with Crippen LogP contribution in [0, 0.1) is 0 Å². The maximum Gasteiger partial charge on any atom is 0.416 e. The lowest BCUT2D eigenvalue weighted by Gasteiger charge is -2.06. The predicted octanol–water partition coefficient (Wildman–Crippen LogP) is 3.71. The van der Waals surface area contributed by atoms with Crippen LogP contribution >= 0.6 is 0 Å². The van der Waals surface area contributed by atoms with Gasteiger partial charge in [-0.3, -0.25) is 0 Å². The molecule has 0 unspecified atom stereocenters. The van der Waals surface area contributed by atoms with Crippen LogP contribution in [-0.4, -0.2) is 10.2 Å². The van der Waals surface area contributed by atoms with E-state index in [0.29, 0.717) is 12.3 Å². The van der Waals surface area contributed by atoms with E-state index in [1.54, 1.807) is 0 Å². The van der Waals surface area contributed by atoms with Gasteiger partial charge in [0.1, 0.15) is 0 Å². The highest BCUT2D eigenvalue weighted by atomic mass is 19.4. The monoisotopic (exact) mass is 256 g/mol. The van der Waals surface area contributed by atoms with E-state index < -0.39 is 11.7 Å². The third-order valence-corrected chi connectivity index (χ3v) is 2.37. The van der Waals surface area contributed by atoms with E-state index in [-0.39, 0.29) is 11.5 Å². The Balaban J connectivity index is 2.32. The molecule has 2 aromatic rings. The van der Waals surface area contributed by atoms with Crippen molar-refractivity contribution in [3.8, 4) is 11.5 Å². The van der Waals surface area contributed by atoms with Gasteiger partial charge in [0.05, 0.1) is 5.56 Å². The van der Waals surface area contributed by atoms with Crippen LogP contribution in [0.5, 0.6) is 0 Å². The summed E-state index contributed by atoms with van der Waals surface area (Å²) >= 11 is 0. The van der Waals surface area contributed by atoms with Crippen LogP contribution in [0.2, 0.25) is 0 Å². The van der Waals surface area contributed by atoms with Gasteiger partial charge in [-0.05, 0) is 24.6 Å². The molecule has 1 aromatic heterocycles. The highest BCUT2D eigenvalue weighted by molar-refractivity contribution is 5.54. The van der Waals surface area contributed by atoms with E-state index in [4.69, 9.17) is 4.42 Å². The molecule has 0 radical (unpaired) electrons. The first-order valence-electron chi connectivity index (χ1n) is 5.50.